The second-order valence-corrected chi connectivity index (χ2v) is 8.62. The zero-order chi connectivity index (χ0) is 13.9. The van der Waals surface area contributed by atoms with E-state index in [9.17, 15) is 12.8 Å². The highest BCUT2D eigenvalue weighted by atomic mass is 35.7. The van der Waals surface area contributed by atoms with Crippen molar-refractivity contribution in [2.24, 2.45) is 5.41 Å². The molecule has 3 fully saturated rings. The Balaban J connectivity index is 1.78. The minimum absolute atomic E-state index is 0.00254. The van der Waals surface area contributed by atoms with Gasteiger partial charge in [-0.3, -0.25) is 0 Å². The van der Waals surface area contributed by atoms with Gasteiger partial charge in [-0.1, -0.05) is 6.07 Å². The fraction of sp³-hybridized carbons (Fsp3) is 0.538. The predicted octanol–water partition coefficient (Wildman–Crippen LogP) is 2.82. The summed E-state index contributed by atoms with van der Waals surface area (Å²) in [6.45, 7) is 0. The molecule has 0 spiro atoms. The molecule has 0 aromatic heterocycles. The molecule has 0 atom stereocenters. The van der Waals surface area contributed by atoms with Crippen molar-refractivity contribution in [3.8, 4) is 5.75 Å². The third kappa shape index (κ3) is 2.03. The molecule has 0 aliphatic heterocycles. The molecule has 6 heteroatoms. The highest BCUT2D eigenvalue weighted by Crippen LogP contribution is 2.74. The molecule has 4 rings (SSSR count). The fourth-order valence-corrected chi connectivity index (χ4v) is 5.54. The molecule has 0 amide bonds. The molecular formula is C13H14ClFO3S. The smallest absolute Gasteiger partial charge is 0.233 e. The summed E-state index contributed by atoms with van der Waals surface area (Å²) in [5, 5.41) is 0. The number of ether oxygens (including phenoxy) is 1. The van der Waals surface area contributed by atoms with E-state index in [1.54, 1.807) is 12.1 Å². The van der Waals surface area contributed by atoms with E-state index in [4.69, 9.17) is 15.4 Å². The lowest BCUT2D eigenvalue weighted by Crippen LogP contribution is -2.66. The van der Waals surface area contributed by atoms with Crippen LogP contribution in [0.4, 0.5) is 4.39 Å². The van der Waals surface area contributed by atoms with Crippen LogP contribution in [0.5, 0.6) is 5.75 Å². The summed E-state index contributed by atoms with van der Waals surface area (Å²) in [4.78, 5) is 0. The first-order valence-corrected chi connectivity index (χ1v) is 8.52. The van der Waals surface area contributed by atoms with Gasteiger partial charge in [-0.05, 0) is 47.8 Å². The Kier molecular flexibility index (Phi) is 2.68. The fourth-order valence-electron chi connectivity index (χ4n) is 3.81. The number of hydrogen-bond donors (Lipinski definition) is 0. The van der Waals surface area contributed by atoms with Crippen LogP contribution in [0.15, 0.2) is 18.2 Å². The summed E-state index contributed by atoms with van der Waals surface area (Å²) in [6.07, 6.45) is 2.42. The number of halogens is 2. The highest BCUT2D eigenvalue weighted by Gasteiger charge is 2.69. The first-order valence-electron chi connectivity index (χ1n) is 6.04. The predicted molar refractivity (Wildman–Crippen MR) is 70.6 cm³/mol. The molecule has 3 saturated carbocycles. The summed E-state index contributed by atoms with van der Waals surface area (Å²) in [5.74, 6) is -0.0983. The van der Waals surface area contributed by atoms with Crippen molar-refractivity contribution in [2.45, 2.75) is 24.7 Å². The maximum atomic E-state index is 13.4. The lowest BCUT2D eigenvalue weighted by molar-refractivity contribution is -0.122. The Morgan fingerprint density at radius 3 is 2.53 bits per heavy atom. The second kappa shape index (κ2) is 3.85. The molecule has 1 aromatic carbocycles. The van der Waals surface area contributed by atoms with E-state index in [0.717, 1.165) is 24.8 Å². The van der Waals surface area contributed by atoms with Crippen LogP contribution in [0, 0.1) is 11.2 Å². The summed E-state index contributed by atoms with van der Waals surface area (Å²) in [7, 11) is 3.31. The standard InChI is InChI=1S/C13H14ClFO3S/c1-18-11-4-9(2-3-10(11)15)13-5-12(6-13,7-13)8-19(14,16)17/h2-4H,5-8H2,1H3. The van der Waals surface area contributed by atoms with Crippen molar-refractivity contribution in [2.75, 3.05) is 12.9 Å². The molecule has 104 valence electrons. The average molecular weight is 305 g/mol. The van der Waals surface area contributed by atoms with E-state index in [2.05, 4.69) is 0 Å². The molecule has 0 saturated heterocycles. The van der Waals surface area contributed by atoms with Gasteiger partial charge in [0, 0.05) is 10.7 Å². The van der Waals surface area contributed by atoms with Crippen molar-refractivity contribution in [3.05, 3.63) is 29.6 Å². The van der Waals surface area contributed by atoms with Crippen molar-refractivity contribution < 1.29 is 17.5 Å². The normalized spacial score (nSPS) is 32.4. The van der Waals surface area contributed by atoms with Gasteiger partial charge >= 0.3 is 0 Å². The molecule has 19 heavy (non-hydrogen) atoms. The summed E-state index contributed by atoms with van der Waals surface area (Å²) in [5.41, 5.74) is 0.879. The van der Waals surface area contributed by atoms with E-state index in [0.29, 0.717) is 0 Å². The molecule has 1 aromatic rings. The van der Waals surface area contributed by atoms with E-state index in [-0.39, 0.29) is 28.1 Å². The summed E-state index contributed by atoms with van der Waals surface area (Å²) in [6, 6.07) is 4.88. The number of rotatable bonds is 4. The highest BCUT2D eigenvalue weighted by molar-refractivity contribution is 8.13. The van der Waals surface area contributed by atoms with Gasteiger partial charge in [0.2, 0.25) is 9.05 Å². The first-order chi connectivity index (χ1) is 8.78. The van der Waals surface area contributed by atoms with Gasteiger partial charge in [-0.2, -0.15) is 0 Å². The molecule has 0 radical (unpaired) electrons. The maximum absolute atomic E-state index is 13.4. The van der Waals surface area contributed by atoms with E-state index in [1.807, 2.05) is 0 Å². The van der Waals surface area contributed by atoms with Crippen molar-refractivity contribution in [3.63, 3.8) is 0 Å². The third-order valence-corrected chi connectivity index (χ3v) is 5.67. The van der Waals surface area contributed by atoms with Crippen LogP contribution >= 0.6 is 10.7 Å². The van der Waals surface area contributed by atoms with E-state index in [1.165, 1.54) is 13.2 Å². The summed E-state index contributed by atoms with van der Waals surface area (Å²) >= 11 is 0. The first kappa shape index (κ1) is 13.2. The molecule has 3 aliphatic carbocycles. The van der Waals surface area contributed by atoms with Crippen molar-refractivity contribution in [1.82, 2.24) is 0 Å². The van der Waals surface area contributed by atoms with Gasteiger partial charge in [-0.25, -0.2) is 12.8 Å². The third-order valence-electron chi connectivity index (χ3n) is 4.38. The van der Waals surface area contributed by atoms with Gasteiger partial charge in [0.15, 0.2) is 11.6 Å². The Labute approximate surface area is 116 Å². The van der Waals surface area contributed by atoms with Crippen LogP contribution in [0.1, 0.15) is 24.8 Å². The van der Waals surface area contributed by atoms with Gasteiger partial charge in [0.05, 0.1) is 12.9 Å². The SMILES string of the molecule is COc1cc(C23CC(CS(=O)(=O)Cl)(C2)C3)ccc1F. The largest absolute Gasteiger partial charge is 0.494 e. The van der Waals surface area contributed by atoms with E-state index < -0.39 is 9.05 Å². The minimum Gasteiger partial charge on any atom is -0.494 e. The zero-order valence-electron chi connectivity index (χ0n) is 10.4. The Morgan fingerprint density at radius 1 is 1.37 bits per heavy atom. The quantitative estimate of drug-likeness (QED) is 0.803. The maximum Gasteiger partial charge on any atom is 0.233 e. The summed E-state index contributed by atoms with van der Waals surface area (Å²) < 4.78 is 40.6. The van der Waals surface area contributed by atoms with E-state index >= 15 is 0 Å². The van der Waals surface area contributed by atoms with Gasteiger partial charge < -0.3 is 4.74 Å². The Bertz CT molecular complexity index is 622. The minimum atomic E-state index is -3.45. The zero-order valence-corrected chi connectivity index (χ0v) is 12.0. The number of benzene rings is 1. The molecule has 0 heterocycles. The monoisotopic (exact) mass is 304 g/mol. The second-order valence-electron chi connectivity index (χ2n) is 5.84. The molecule has 3 nitrogen and oxygen atoms in total. The van der Waals surface area contributed by atoms with Crippen LogP contribution in [-0.4, -0.2) is 21.3 Å². The number of methoxy groups -OCH3 is 1. The van der Waals surface area contributed by atoms with Gasteiger partial charge in [0.25, 0.3) is 0 Å². The van der Waals surface area contributed by atoms with Crippen molar-refractivity contribution >= 4 is 19.7 Å². The lowest BCUT2D eigenvalue weighted by Gasteiger charge is -2.71. The van der Waals surface area contributed by atoms with Crippen molar-refractivity contribution in [1.29, 1.82) is 0 Å². The molecule has 0 N–H and O–H groups in total. The average Bonchev–Trinajstić information content (AvgIpc) is 2.21. The lowest BCUT2D eigenvalue weighted by atomic mass is 9.34. The van der Waals surface area contributed by atoms with Gasteiger partial charge in [-0.15, -0.1) is 0 Å². The Hall–Kier alpha value is -0.810. The number of hydrogen-bond acceptors (Lipinski definition) is 3. The molecular weight excluding hydrogens is 291 g/mol. The van der Waals surface area contributed by atoms with Crippen LogP contribution < -0.4 is 4.74 Å². The Morgan fingerprint density at radius 2 is 2.00 bits per heavy atom. The molecule has 2 bridgehead atoms. The molecule has 3 aliphatic rings. The van der Waals surface area contributed by atoms with Crippen LogP contribution in [0.3, 0.4) is 0 Å². The van der Waals surface area contributed by atoms with Crippen LogP contribution in [0.25, 0.3) is 0 Å². The topological polar surface area (TPSA) is 43.4 Å². The van der Waals surface area contributed by atoms with Crippen LogP contribution in [-0.2, 0) is 14.5 Å². The molecule has 0 unspecified atom stereocenters. The van der Waals surface area contributed by atoms with Gasteiger partial charge in [0.1, 0.15) is 0 Å². The van der Waals surface area contributed by atoms with Crippen LogP contribution in [0.2, 0.25) is 0 Å².